The van der Waals surface area contributed by atoms with Crippen LogP contribution in [0.3, 0.4) is 0 Å². The van der Waals surface area contributed by atoms with Crippen molar-refractivity contribution in [1.29, 1.82) is 0 Å². The van der Waals surface area contributed by atoms with E-state index in [2.05, 4.69) is 22.9 Å². The fourth-order valence-electron chi connectivity index (χ4n) is 1.76. The number of hydrogen-bond donors (Lipinski definition) is 1. The van der Waals surface area contributed by atoms with Crippen LogP contribution in [0.2, 0.25) is 0 Å². The van der Waals surface area contributed by atoms with E-state index in [9.17, 15) is 4.79 Å². The van der Waals surface area contributed by atoms with Gasteiger partial charge in [-0.3, -0.25) is 4.79 Å². The average molecular weight is 328 g/mol. The normalized spacial score (nSPS) is 13.2. The lowest BCUT2D eigenvalue weighted by atomic mass is 10.0. The van der Waals surface area contributed by atoms with E-state index in [1.54, 1.807) is 0 Å². The largest absolute Gasteiger partial charge is 0.460 e. The molecule has 0 amide bonds. The van der Waals surface area contributed by atoms with Crippen LogP contribution < -0.4 is 5.73 Å². The number of carbonyl (C=O) groups excluding carboxylic acids is 1. The smallest absolute Gasteiger partial charge is 0.308 e. The van der Waals surface area contributed by atoms with E-state index in [1.165, 1.54) is 5.56 Å². The summed E-state index contributed by atoms with van der Waals surface area (Å²) in [7, 11) is 0. The van der Waals surface area contributed by atoms with Crippen molar-refractivity contribution < 1.29 is 9.53 Å². The van der Waals surface area contributed by atoms with Gasteiger partial charge >= 0.3 is 5.97 Å². The Hall–Kier alpha value is -0.870. The van der Waals surface area contributed by atoms with Crippen LogP contribution in [0.1, 0.15) is 51.3 Å². The Morgan fingerprint density at radius 1 is 1.42 bits per heavy atom. The number of rotatable bonds is 4. The van der Waals surface area contributed by atoms with Crippen molar-refractivity contribution in [3.05, 3.63) is 33.8 Å². The summed E-state index contributed by atoms with van der Waals surface area (Å²) in [4.78, 5) is 11.7. The second-order valence-corrected chi connectivity index (χ2v) is 6.46. The fourth-order valence-corrected chi connectivity index (χ4v) is 2.44. The minimum absolute atomic E-state index is 0.190. The Kier molecular flexibility index (Phi) is 5.56. The summed E-state index contributed by atoms with van der Waals surface area (Å²) in [5.41, 5.74) is 7.75. The molecule has 0 bridgehead atoms. The van der Waals surface area contributed by atoms with Crippen molar-refractivity contribution in [3.63, 3.8) is 0 Å². The minimum atomic E-state index is -0.469. The minimum Gasteiger partial charge on any atom is -0.460 e. The zero-order valence-corrected chi connectivity index (χ0v) is 13.6. The van der Waals surface area contributed by atoms with Gasteiger partial charge in [0, 0.05) is 10.5 Å². The molecule has 1 rings (SSSR count). The van der Waals surface area contributed by atoms with Gasteiger partial charge in [0.2, 0.25) is 0 Å². The number of nitrogens with two attached hydrogens (primary N) is 1. The number of hydrogen-bond acceptors (Lipinski definition) is 3. The first-order chi connectivity index (χ1) is 8.73. The summed E-state index contributed by atoms with van der Waals surface area (Å²) >= 11 is 3.52. The third-order valence-corrected chi connectivity index (χ3v) is 3.43. The molecule has 1 aromatic rings. The predicted molar refractivity (Wildman–Crippen MR) is 80.9 cm³/mol. The molecular weight excluding hydrogens is 306 g/mol. The van der Waals surface area contributed by atoms with Crippen LogP contribution in [0.15, 0.2) is 22.7 Å². The number of halogens is 1. The molecule has 0 radical (unpaired) electrons. The summed E-state index contributed by atoms with van der Waals surface area (Å²) in [6.07, 6.45) is 1.15. The van der Waals surface area contributed by atoms with Gasteiger partial charge in [-0.15, -0.1) is 0 Å². The van der Waals surface area contributed by atoms with Gasteiger partial charge < -0.3 is 10.5 Å². The van der Waals surface area contributed by atoms with Gasteiger partial charge in [-0.1, -0.05) is 35.0 Å². The van der Waals surface area contributed by atoms with Gasteiger partial charge in [-0.2, -0.15) is 0 Å². The van der Waals surface area contributed by atoms with Gasteiger partial charge in [0.25, 0.3) is 0 Å². The lowest BCUT2D eigenvalue weighted by molar-refractivity contribution is -0.155. The fraction of sp³-hybridized carbons (Fsp3) is 0.533. The van der Waals surface area contributed by atoms with Crippen LogP contribution in [0.4, 0.5) is 0 Å². The van der Waals surface area contributed by atoms with Crippen molar-refractivity contribution in [3.8, 4) is 0 Å². The van der Waals surface area contributed by atoms with Crippen molar-refractivity contribution in [1.82, 2.24) is 0 Å². The van der Waals surface area contributed by atoms with E-state index in [1.807, 2.05) is 39.0 Å². The van der Waals surface area contributed by atoms with E-state index in [-0.39, 0.29) is 18.4 Å². The van der Waals surface area contributed by atoms with Crippen molar-refractivity contribution in [2.75, 3.05) is 0 Å². The van der Waals surface area contributed by atoms with Crippen molar-refractivity contribution in [2.45, 2.75) is 52.2 Å². The molecule has 2 N–H and O–H groups in total. The first kappa shape index (κ1) is 16.2. The van der Waals surface area contributed by atoms with E-state index in [0.717, 1.165) is 16.5 Å². The third kappa shape index (κ3) is 5.33. The highest BCUT2D eigenvalue weighted by atomic mass is 79.9. The van der Waals surface area contributed by atoms with Gasteiger partial charge in [-0.05, 0) is 44.4 Å². The standard InChI is InChI=1S/C15H22BrNO2/c1-5-10-6-7-11(8-12(10)16)13(17)9-14(18)19-15(2,3)4/h6-8,13H,5,9,17H2,1-4H3. The molecule has 4 heteroatoms. The molecule has 106 valence electrons. The number of carbonyl (C=O) groups is 1. The molecule has 0 saturated heterocycles. The lowest BCUT2D eigenvalue weighted by Gasteiger charge is -2.21. The van der Waals surface area contributed by atoms with Gasteiger partial charge in [0.05, 0.1) is 6.42 Å². The molecule has 0 spiro atoms. The Bertz CT molecular complexity index is 452. The molecule has 3 nitrogen and oxygen atoms in total. The third-order valence-electron chi connectivity index (χ3n) is 2.69. The molecule has 0 saturated carbocycles. The van der Waals surface area contributed by atoms with Crippen LogP contribution in [0, 0.1) is 0 Å². The number of aryl methyl sites for hydroxylation is 1. The highest BCUT2D eigenvalue weighted by Gasteiger charge is 2.19. The molecule has 1 atom stereocenters. The van der Waals surface area contributed by atoms with E-state index >= 15 is 0 Å². The molecule has 0 aliphatic heterocycles. The van der Waals surface area contributed by atoms with Crippen LogP contribution in [0.5, 0.6) is 0 Å². The summed E-state index contributed by atoms with van der Waals surface area (Å²) in [6, 6.07) is 5.65. The topological polar surface area (TPSA) is 52.3 Å². The molecule has 0 aliphatic carbocycles. The Labute approximate surface area is 123 Å². The summed E-state index contributed by atoms with van der Waals surface area (Å²) in [6.45, 7) is 7.65. The maximum Gasteiger partial charge on any atom is 0.308 e. The summed E-state index contributed by atoms with van der Waals surface area (Å²) in [5, 5.41) is 0. The molecule has 0 aliphatic rings. The highest BCUT2D eigenvalue weighted by Crippen LogP contribution is 2.24. The first-order valence-electron chi connectivity index (χ1n) is 6.48. The van der Waals surface area contributed by atoms with E-state index in [0.29, 0.717) is 0 Å². The maximum absolute atomic E-state index is 11.7. The molecule has 1 aromatic carbocycles. The zero-order chi connectivity index (χ0) is 14.6. The van der Waals surface area contributed by atoms with E-state index in [4.69, 9.17) is 10.5 Å². The lowest BCUT2D eigenvalue weighted by Crippen LogP contribution is -2.26. The van der Waals surface area contributed by atoms with Gasteiger partial charge in [-0.25, -0.2) is 0 Å². The Morgan fingerprint density at radius 2 is 2.05 bits per heavy atom. The van der Waals surface area contributed by atoms with Gasteiger partial charge in [0.15, 0.2) is 0 Å². The number of ether oxygens (including phenoxy) is 1. The summed E-state index contributed by atoms with van der Waals surface area (Å²) in [5.74, 6) is -0.268. The Morgan fingerprint density at radius 3 is 2.53 bits per heavy atom. The number of esters is 1. The molecular formula is C15H22BrNO2. The molecule has 0 heterocycles. The average Bonchev–Trinajstić information content (AvgIpc) is 2.26. The number of benzene rings is 1. The van der Waals surface area contributed by atoms with E-state index < -0.39 is 5.60 Å². The van der Waals surface area contributed by atoms with Crippen LogP contribution in [-0.4, -0.2) is 11.6 Å². The summed E-state index contributed by atoms with van der Waals surface area (Å²) < 4.78 is 6.31. The second-order valence-electron chi connectivity index (χ2n) is 5.60. The zero-order valence-electron chi connectivity index (χ0n) is 12.0. The Balaban J connectivity index is 2.70. The second kappa shape index (κ2) is 6.53. The quantitative estimate of drug-likeness (QED) is 0.857. The van der Waals surface area contributed by atoms with Crippen LogP contribution in [0.25, 0.3) is 0 Å². The first-order valence-corrected chi connectivity index (χ1v) is 7.28. The van der Waals surface area contributed by atoms with Crippen molar-refractivity contribution in [2.24, 2.45) is 5.73 Å². The maximum atomic E-state index is 11.7. The highest BCUT2D eigenvalue weighted by molar-refractivity contribution is 9.10. The van der Waals surface area contributed by atoms with Crippen molar-refractivity contribution >= 4 is 21.9 Å². The molecule has 0 aromatic heterocycles. The predicted octanol–water partition coefficient (Wildman–Crippen LogP) is 3.74. The monoisotopic (exact) mass is 327 g/mol. The molecule has 0 fully saturated rings. The molecule has 19 heavy (non-hydrogen) atoms. The molecule has 1 unspecified atom stereocenters. The van der Waals surface area contributed by atoms with Gasteiger partial charge in [0.1, 0.15) is 5.60 Å². The SMILES string of the molecule is CCc1ccc(C(N)CC(=O)OC(C)(C)C)cc1Br. The van der Waals surface area contributed by atoms with Crippen LogP contribution >= 0.6 is 15.9 Å². The van der Waals surface area contributed by atoms with Crippen LogP contribution in [-0.2, 0) is 16.0 Å².